The molecule has 1 N–H and O–H groups in total. The van der Waals surface area contributed by atoms with Crippen LogP contribution in [-0.2, 0) is 6.54 Å². The molecule has 29 heavy (non-hydrogen) atoms. The number of pyridine rings is 1. The number of hydrogen-bond donors (Lipinski definition) is 1. The number of anilines is 2. The summed E-state index contributed by atoms with van der Waals surface area (Å²) in [7, 11) is 0. The van der Waals surface area contributed by atoms with Gasteiger partial charge in [0.2, 0.25) is 0 Å². The third kappa shape index (κ3) is 4.48. The van der Waals surface area contributed by atoms with Crippen LogP contribution in [0.4, 0.5) is 15.9 Å². The monoisotopic (exact) mass is 392 g/mol. The Bertz CT molecular complexity index is 958. The van der Waals surface area contributed by atoms with Gasteiger partial charge in [-0.05, 0) is 36.4 Å². The Balaban J connectivity index is 1.32. The maximum atomic E-state index is 14.0. The summed E-state index contributed by atoms with van der Waals surface area (Å²) in [6.45, 7) is 3.12. The van der Waals surface area contributed by atoms with Gasteiger partial charge in [-0.3, -0.25) is 9.78 Å². The summed E-state index contributed by atoms with van der Waals surface area (Å²) in [5.74, 6) is 0.209. The minimum atomic E-state index is -0.293. The molecule has 1 aliphatic rings. The Morgan fingerprint density at radius 1 is 0.931 bits per heavy atom. The second-order valence-corrected chi connectivity index (χ2v) is 6.71. The van der Waals surface area contributed by atoms with Gasteiger partial charge in [-0.1, -0.05) is 18.2 Å². The number of carbonyl (C=O) groups is 1. The van der Waals surface area contributed by atoms with Crippen molar-refractivity contribution in [3.05, 3.63) is 78.0 Å². The average Bonchev–Trinajstić information content (AvgIpc) is 2.79. The van der Waals surface area contributed by atoms with Crippen molar-refractivity contribution in [2.24, 2.45) is 0 Å². The molecule has 0 atom stereocenters. The van der Waals surface area contributed by atoms with E-state index in [9.17, 15) is 9.18 Å². The van der Waals surface area contributed by atoms with Gasteiger partial charge in [0.05, 0.1) is 17.9 Å². The van der Waals surface area contributed by atoms with Gasteiger partial charge in [0.25, 0.3) is 5.91 Å². The van der Waals surface area contributed by atoms with Crippen LogP contribution in [0.25, 0.3) is 0 Å². The number of aromatic nitrogens is 3. The van der Waals surface area contributed by atoms with Crippen molar-refractivity contribution in [1.82, 2.24) is 20.5 Å². The van der Waals surface area contributed by atoms with E-state index in [0.29, 0.717) is 44.2 Å². The summed E-state index contributed by atoms with van der Waals surface area (Å²) >= 11 is 0. The minimum Gasteiger partial charge on any atom is -0.366 e. The van der Waals surface area contributed by atoms with E-state index in [1.807, 2.05) is 29.2 Å². The molecule has 1 aliphatic heterocycles. The van der Waals surface area contributed by atoms with Gasteiger partial charge >= 0.3 is 0 Å². The van der Waals surface area contributed by atoms with Crippen LogP contribution in [0.2, 0.25) is 0 Å². The van der Waals surface area contributed by atoms with Gasteiger partial charge in [-0.25, -0.2) is 4.39 Å². The maximum absolute atomic E-state index is 14.0. The van der Waals surface area contributed by atoms with Gasteiger partial charge in [-0.2, -0.15) is 0 Å². The highest BCUT2D eigenvalue weighted by atomic mass is 19.1. The van der Waals surface area contributed by atoms with Crippen LogP contribution in [0.15, 0.2) is 60.8 Å². The number of rotatable bonds is 5. The molecule has 0 saturated carbocycles. The van der Waals surface area contributed by atoms with E-state index in [1.165, 1.54) is 6.07 Å². The number of piperazine rings is 1. The first-order chi connectivity index (χ1) is 14.2. The van der Waals surface area contributed by atoms with Crippen LogP contribution in [0.1, 0.15) is 16.2 Å². The molecule has 0 bridgehead atoms. The summed E-state index contributed by atoms with van der Waals surface area (Å²) in [6, 6.07) is 15.8. The van der Waals surface area contributed by atoms with Crippen molar-refractivity contribution in [1.29, 1.82) is 0 Å². The molecule has 0 unspecified atom stereocenters. The largest absolute Gasteiger partial charge is 0.366 e. The highest BCUT2D eigenvalue weighted by molar-refractivity contribution is 5.92. The number of para-hydroxylation sites is 1. The second-order valence-electron chi connectivity index (χ2n) is 6.71. The Morgan fingerprint density at radius 2 is 1.69 bits per heavy atom. The smallest absolute Gasteiger partial charge is 0.272 e. The summed E-state index contributed by atoms with van der Waals surface area (Å²) in [6.07, 6.45) is 1.68. The highest BCUT2D eigenvalue weighted by Crippen LogP contribution is 2.21. The van der Waals surface area contributed by atoms with Crippen LogP contribution < -0.4 is 15.1 Å². The predicted molar refractivity (Wildman–Crippen MR) is 108 cm³/mol. The summed E-state index contributed by atoms with van der Waals surface area (Å²) < 4.78 is 14.0. The number of nitrogens with zero attached hydrogens (tertiary/aromatic N) is 5. The van der Waals surface area contributed by atoms with Crippen molar-refractivity contribution in [3.8, 4) is 0 Å². The first kappa shape index (κ1) is 18.8. The Kier molecular flexibility index (Phi) is 5.60. The van der Waals surface area contributed by atoms with E-state index in [2.05, 4.69) is 25.4 Å². The first-order valence-electron chi connectivity index (χ1n) is 9.47. The van der Waals surface area contributed by atoms with Crippen LogP contribution in [-0.4, -0.2) is 47.3 Å². The molecule has 8 heteroatoms. The van der Waals surface area contributed by atoms with Crippen LogP contribution in [0.5, 0.6) is 0 Å². The van der Waals surface area contributed by atoms with Crippen molar-refractivity contribution in [2.45, 2.75) is 6.54 Å². The highest BCUT2D eigenvalue weighted by Gasteiger charge is 2.20. The third-order valence-corrected chi connectivity index (χ3v) is 4.84. The fourth-order valence-corrected chi connectivity index (χ4v) is 3.26. The van der Waals surface area contributed by atoms with Gasteiger partial charge in [-0.15, -0.1) is 10.2 Å². The zero-order valence-electron chi connectivity index (χ0n) is 15.8. The molecule has 1 fully saturated rings. The first-order valence-corrected chi connectivity index (χ1v) is 9.47. The van der Waals surface area contributed by atoms with E-state index < -0.39 is 0 Å². The number of benzene rings is 1. The molecule has 0 radical (unpaired) electrons. The van der Waals surface area contributed by atoms with E-state index in [-0.39, 0.29) is 17.4 Å². The second kappa shape index (κ2) is 8.64. The molecule has 2 aromatic heterocycles. The Hall–Kier alpha value is -3.55. The molecule has 148 valence electrons. The molecule has 0 aliphatic carbocycles. The lowest BCUT2D eigenvalue weighted by Crippen LogP contribution is -2.47. The van der Waals surface area contributed by atoms with Crippen LogP contribution in [0.3, 0.4) is 0 Å². The minimum absolute atomic E-state index is 0.207. The lowest BCUT2D eigenvalue weighted by Gasteiger charge is -2.36. The van der Waals surface area contributed by atoms with Crippen LogP contribution >= 0.6 is 0 Å². The Morgan fingerprint density at radius 3 is 2.38 bits per heavy atom. The standard InChI is InChI=1S/C21H21FN6O/c22-17-6-1-2-7-19(17)27-11-13-28(14-12-27)20-9-8-18(25-26-20)21(29)24-15-16-5-3-4-10-23-16/h1-10H,11-15H2,(H,24,29). The SMILES string of the molecule is O=C(NCc1ccccn1)c1ccc(N2CCN(c3ccccc3F)CC2)nn1. The maximum Gasteiger partial charge on any atom is 0.272 e. The molecular weight excluding hydrogens is 371 g/mol. The Labute approximate surface area is 168 Å². The number of nitrogens with one attached hydrogen (secondary N) is 1. The normalized spacial score (nSPS) is 14.0. The van der Waals surface area contributed by atoms with E-state index >= 15 is 0 Å². The van der Waals surface area contributed by atoms with E-state index in [4.69, 9.17) is 0 Å². The van der Waals surface area contributed by atoms with Crippen LogP contribution in [0, 0.1) is 5.82 Å². The average molecular weight is 392 g/mol. The van der Waals surface area contributed by atoms with E-state index in [0.717, 1.165) is 5.69 Å². The fourth-order valence-electron chi connectivity index (χ4n) is 3.26. The summed E-state index contributed by atoms with van der Waals surface area (Å²) in [5.41, 5.74) is 1.66. The van der Waals surface area contributed by atoms with Gasteiger partial charge < -0.3 is 15.1 Å². The molecule has 0 spiro atoms. The number of halogens is 1. The van der Waals surface area contributed by atoms with Gasteiger partial charge in [0.15, 0.2) is 11.5 Å². The molecule has 7 nitrogen and oxygen atoms in total. The number of amides is 1. The molecule has 3 aromatic rings. The van der Waals surface area contributed by atoms with Crippen molar-refractivity contribution in [2.75, 3.05) is 36.0 Å². The quantitative estimate of drug-likeness (QED) is 0.718. The summed E-state index contributed by atoms with van der Waals surface area (Å²) in [5, 5.41) is 11.0. The number of hydrogen-bond acceptors (Lipinski definition) is 6. The lowest BCUT2D eigenvalue weighted by atomic mass is 10.2. The predicted octanol–water partition coefficient (Wildman–Crippen LogP) is 2.27. The van der Waals surface area contributed by atoms with Crippen molar-refractivity contribution < 1.29 is 9.18 Å². The van der Waals surface area contributed by atoms with Gasteiger partial charge in [0, 0.05) is 32.4 Å². The molecule has 1 saturated heterocycles. The molecule has 3 heterocycles. The molecule has 1 aromatic carbocycles. The zero-order valence-corrected chi connectivity index (χ0v) is 15.8. The topological polar surface area (TPSA) is 74.2 Å². The summed E-state index contributed by atoms with van der Waals surface area (Å²) in [4.78, 5) is 20.5. The lowest BCUT2D eigenvalue weighted by molar-refractivity contribution is 0.0944. The molecular formula is C21H21FN6O. The number of carbonyl (C=O) groups excluding carboxylic acids is 1. The van der Waals surface area contributed by atoms with Crippen molar-refractivity contribution in [3.63, 3.8) is 0 Å². The van der Waals surface area contributed by atoms with Gasteiger partial charge in [0.1, 0.15) is 5.82 Å². The fraction of sp³-hybridized carbons (Fsp3) is 0.238. The molecule has 1 amide bonds. The van der Waals surface area contributed by atoms with Crippen molar-refractivity contribution >= 4 is 17.4 Å². The zero-order chi connectivity index (χ0) is 20.1. The third-order valence-electron chi connectivity index (χ3n) is 4.84. The van der Waals surface area contributed by atoms with E-state index in [1.54, 1.807) is 30.5 Å². The molecule has 4 rings (SSSR count).